The number of rotatable bonds is 2. The van der Waals surface area contributed by atoms with Crippen molar-refractivity contribution in [3.05, 3.63) is 11.4 Å². The first-order valence-corrected chi connectivity index (χ1v) is 18.1. The van der Waals surface area contributed by atoms with Gasteiger partial charge in [0.25, 0.3) is 0 Å². The first-order chi connectivity index (χ1) is 6.59. The van der Waals surface area contributed by atoms with Crippen LogP contribution in [0.25, 0.3) is 4.85 Å². The van der Waals surface area contributed by atoms with Gasteiger partial charge in [-0.05, 0) is 14.0 Å². The van der Waals surface area contributed by atoms with Gasteiger partial charge in [-0.25, -0.2) is 6.57 Å². The summed E-state index contributed by atoms with van der Waals surface area (Å²) in [6, 6.07) is 0. The van der Waals surface area contributed by atoms with Gasteiger partial charge in [-0.2, -0.15) is 0 Å². The number of hydrogen-bond donors (Lipinski definition) is 0. The van der Waals surface area contributed by atoms with Crippen molar-refractivity contribution in [2.45, 2.75) is 13.8 Å². The van der Waals surface area contributed by atoms with Gasteiger partial charge in [0.15, 0.2) is 0 Å². The lowest BCUT2D eigenvalue weighted by Crippen LogP contribution is -1.19. The van der Waals surface area contributed by atoms with Crippen molar-refractivity contribution in [1.82, 2.24) is 0 Å². The molecule has 0 aromatic rings. The summed E-state index contributed by atoms with van der Waals surface area (Å²) in [5.74, 6) is 0. The van der Waals surface area contributed by atoms with Gasteiger partial charge >= 0.3 is 0 Å². The highest BCUT2D eigenvalue weighted by molar-refractivity contribution is 8.98. The van der Waals surface area contributed by atoms with Crippen LogP contribution in [0.3, 0.4) is 0 Å². The maximum atomic E-state index is 5.83. The lowest BCUT2D eigenvalue weighted by Gasteiger charge is -2.11. The molecular weight excluding hydrogens is 341 g/mol. The van der Waals surface area contributed by atoms with Crippen LogP contribution < -0.4 is 0 Å². The second kappa shape index (κ2) is 29.9. The lowest BCUT2D eigenvalue weighted by molar-refractivity contribution is 1.50. The fourth-order valence-electron chi connectivity index (χ4n) is 0.0667. The smallest absolute Gasteiger partial charge is 0.205 e. The molecule has 14 heavy (non-hydrogen) atoms. The third-order valence-corrected chi connectivity index (χ3v) is 30.9. The molecule has 0 N–H and O–H groups in total. The largest absolute Gasteiger partial charge is 0.320 e. The van der Waals surface area contributed by atoms with Crippen molar-refractivity contribution < 1.29 is 0 Å². The van der Waals surface area contributed by atoms with E-state index in [9.17, 15) is 0 Å². The molecule has 0 radical (unpaired) electrons. The highest BCUT2D eigenvalue weighted by Crippen LogP contribution is 2.92. The zero-order valence-electron chi connectivity index (χ0n) is 8.81. The van der Waals surface area contributed by atoms with Gasteiger partial charge in [-0.3, -0.25) is 0 Å². The zero-order chi connectivity index (χ0) is 12.6. The molecule has 0 bridgehead atoms. The average Bonchev–Trinajstić information content (AvgIpc) is 2.23. The molecule has 0 amide bonds. The highest BCUT2D eigenvalue weighted by Gasteiger charge is 2.00. The third-order valence-electron chi connectivity index (χ3n) is 0.381. The van der Waals surface area contributed by atoms with Gasteiger partial charge < -0.3 is 4.85 Å². The maximum Gasteiger partial charge on any atom is 0.205 e. The molecule has 0 spiro atoms. The minimum absolute atomic E-state index is 0.191. The summed E-state index contributed by atoms with van der Waals surface area (Å²) in [5, 5.41) is 0. The Morgan fingerprint density at radius 3 is 1.36 bits per heavy atom. The molecule has 0 aliphatic heterocycles. The summed E-state index contributed by atoms with van der Waals surface area (Å²) in [7, 11) is 18.5. The Morgan fingerprint density at radius 1 is 1.14 bits per heavy atom. The number of nitrogens with zero attached hydrogens (tertiary/aromatic N) is 1. The molecule has 10 heteroatoms. The van der Waals surface area contributed by atoms with Crippen molar-refractivity contribution in [3.63, 3.8) is 0 Å². The number of hydrogen-bond acceptors (Lipinski definition) is 0. The predicted octanol–water partition coefficient (Wildman–Crippen LogP) is 5.83. The minimum atomic E-state index is 0.191. The van der Waals surface area contributed by atoms with Crippen LogP contribution in [-0.4, -0.2) is 7.05 Å². The molecule has 8 atom stereocenters. The second-order valence-electron chi connectivity index (χ2n) is 1.08. The van der Waals surface area contributed by atoms with Crippen molar-refractivity contribution in [3.8, 4) is 0 Å². The van der Waals surface area contributed by atoms with Crippen molar-refractivity contribution in [1.29, 1.82) is 0 Å². The third kappa shape index (κ3) is 36.2. The van der Waals surface area contributed by atoms with Crippen molar-refractivity contribution >= 4 is 75.5 Å². The van der Waals surface area contributed by atoms with Gasteiger partial charge in [-0.1, -0.05) is 21.8 Å². The fraction of sp³-hybridized carbons (Fsp3) is 0.750. The summed E-state index contributed by atoms with van der Waals surface area (Å²) in [5.41, 5.74) is 0. The van der Waals surface area contributed by atoms with E-state index in [0.29, 0.717) is 0 Å². The summed E-state index contributed by atoms with van der Waals surface area (Å²) < 4.78 is 0. The molecule has 0 aliphatic carbocycles. The van der Waals surface area contributed by atoms with Gasteiger partial charge in [0, 0.05) is 0 Å². The molecule has 0 heterocycles. The molecule has 0 aromatic carbocycles. The van der Waals surface area contributed by atoms with Crippen LogP contribution in [0.15, 0.2) is 0 Å². The summed E-state index contributed by atoms with van der Waals surface area (Å²) in [6.45, 7) is 10.3. The Hall–Kier alpha value is 3.36. The Balaban J connectivity index is -0.0000000603. The maximum absolute atomic E-state index is 5.83. The zero-order valence-corrected chi connectivity index (χ0v) is 18.5. The summed E-state index contributed by atoms with van der Waals surface area (Å²) >= 11 is 0. The van der Waals surface area contributed by atoms with Gasteiger partial charge in [0.2, 0.25) is 7.05 Å². The molecular formula is C4H22NP9. The van der Waals surface area contributed by atoms with Crippen LogP contribution in [0.1, 0.15) is 13.8 Å². The summed E-state index contributed by atoms with van der Waals surface area (Å²) in [4.78, 5) is 2.75. The average molecular weight is 363 g/mol. The SMILES string of the molecule is CC.PP.PPP(P)P(P)P.[C-]#[N+]C. The Labute approximate surface area is 108 Å². The van der Waals surface area contributed by atoms with Crippen molar-refractivity contribution in [2.75, 3.05) is 7.05 Å². The molecule has 0 fully saturated rings. The van der Waals surface area contributed by atoms with Crippen LogP contribution in [0.5, 0.6) is 0 Å². The van der Waals surface area contributed by atoms with Crippen LogP contribution in [0.4, 0.5) is 0 Å². The lowest BCUT2D eigenvalue weighted by atomic mass is 11.0. The Bertz CT molecular complexity index is 101. The first kappa shape index (κ1) is 26.0. The monoisotopic (exact) mass is 363 g/mol. The predicted molar refractivity (Wildman–Crippen MR) is 104 cm³/mol. The van der Waals surface area contributed by atoms with E-state index in [-0.39, 0.29) is 14.0 Å². The van der Waals surface area contributed by atoms with E-state index in [1.165, 1.54) is 7.05 Å². The van der Waals surface area contributed by atoms with E-state index in [1.54, 1.807) is 0 Å². The fourth-order valence-corrected chi connectivity index (χ4v) is 16.2. The van der Waals surface area contributed by atoms with Crippen LogP contribution in [-0.2, 0) is 0 Å². The molecule has 88 valence electrons. The summed E-state index contributed by atoms with van der Waals surface area (Å²) in [6.07, 6.45) is 0. The Kier molecular flexibility index (Phi) is 55.6. The van der Waals surface area contributed by atoms with E-state index < -0.39 is 0 Å². The molecule has 0 aromatic heterocycles. The molecule has 8 unspecified atom stereocenters. The van der Waals surface area contributed by atoms with Crippen molar-refractivity contribution in [2.24, 2.45) is 0 Å². The van der Waals surface area contributed by atoms with E-state index in [2.05, 4.69) is 58.4 Å². The topological polar surface area (TPSA) is 4.36 Å². The highest BCUT2D eigenvalue weighted by atomic mass is 33.0. The molecule has 0 saturated heterocycles. The van der Waals surface area contributed by atoms with Crippen LogP contribution in [0, 0.1) is 6.57 Å². The Morgan fingerprint density at radius 2 is 1.36 bits per heavy atom. The first-order valence-electron chi connectivity index (χ1n) is 3.49. The van der Waals surface area contributed by atoms with E-state index in [4.69, 9.17) is 6.57 Å². The minimum Gasteiger partial charge on any atom is -0.320 e. The second-order valence-corrected chi connectivity index (χ2v) is 23.3. The van der Waals surface area contributed by atoms with E-state index >= 15 is 0 Å². The van der Waals surface area contributed by atoms with E-state index in [0.717, 1.165) is 7.96 Å². The van der Waals surface area contributed by atoms with Crippen LogP contribution in [0.2, 0.25) is 0 Å². The molecule has 0 aliphatic rings. The molecule has 1 nitrogen and oxygen atoms in total. The van der Waals surface area contributed by atoms with E-state index in [1.807, 2.05) is 13.8 Å². The molecule has 0 saturated carbocycles. The quantitative estimate of drug-likeness (QED) is 0.429. The van der Waals surface area contributed by atoms with Gasteiger partial charge in [0.1, 0.15) is 0 Å². The van der Waals surface area contributed by atoms with Gasteiger partial charge in [-0.15, -0.1) is 53.6 Å². The molecule has 0 rings (SSSR count). The normalized spacial score (nSPS) is 9.79. The van der Waals surface area contributed by atoms with Gasteiger partial charge in [0.05, 0.1) is 0 Å². The standard InChI is InChI=1S/C2H3N.C2H6.H9P7.H4P2/c1-3-2;1-2;1-5-7(4)6(2)3;1-2/h1H3;1-2H3;5H,1-4H2;1-2H2. The van der Waals surface area contributed by atoms with Crippen LogP contribution >= 0.6 is 75.5 Å².